The van der Waals surface area contributed by atoms with Crippen molar-refractivity contribution in [1.29, 1.82) is 0 Å². The smallest absolute Gasteiger partial charge is 0.253 e. The monoisotopic (exact) mass is 334 g/mol. The topological polar surface area (TPSA) is 60.5 Å². The first-order valence-corrected chi connectivity index (χ1v) is 8.35. The molecule has 23 heavy (non-hydrogen) atoms. The van der Waals surface area contributed by atoms with E-state index in [1.54, 1.807) is 23.5 Å². The molecule has 5 nitrogen and oxygen atoms in total. The minimum atomic E-state index is -0.179. The summed E-state index contributed by atoms with van der Waals surface area (Å²) >= 11 is 1.61. The minimum absolute atomic E-state index is 0.145. The van der Waals surface area contributed by atoms with Gasteiger partial charge in [-0.1, -0.05) is 6.07 Å². The van der Waals surface area contributed by atoms with Crippen LogP contribution in [-0.2, 0) is 11.3 Å². The first-order chi connectivity index (χ1) is 10.9. The van der Waals surface area contributed by atoms with Gasteiger partial charge in [0, 0.05) is 17.1 Å². The molecule has 0 spiro atoms. The number of carbonyl (C=O) groups is 1. The van der Waals surface area contributed by atoms with Crippen LogP contribution in [0.5, 0.6) is 5.88 Å². The zero-order valence-electron chi connectivity index (χ0n) is 13.7. The summed E-state index contributed by atoms with van der Waals surface area (Å²) in [7, 11) is 0. The fraction of sp³-hybridized carbons (Fsp3) is 0.412. The molecule has 0 radical (unpaired) electrons. The van der Waals surface area contributed by atoms with E-state index in [0.29, 0.717) is 31.2 Å². The highest BCUT2D eigenvalue weighted by molar-refractivity contribution is 7.09. The van der Waals surface area contributed by atoms with Crippen LogP contribution in [0.4, 0.5) is 0 Å². The maximum Gasteiger partial charge on any atom is 0.253 e. The molecule has 6 heteroatoms. The van der Waals surface area contributed by atoms with Crippen LogP contribution >= 0.6 is 11.3 Å². The molecule has 1 N–H and O–H groups in total. The number of rotatable bonds is 7. The van der Waals surface area contributed by atoms with E-state index < -0.39 is 0 Å². The number of pyridine rings is 1. The van der Waals surface area contributed by atoms with Gasteiger partial charge in [0.1, 0.15) is 6.61 Å². The van der Waals surface area contributed by atoms with Gasteiger partial charge < -0.3 is 14.8 Å². The minimum Gasteiger partial charge on any atom is -0.475 e. The lowest BCUT2D eigenvalue weighted by Crippen LogP contribution is -2.23. The largest absolute Gasteiger partial charge is 0.475 e. The molecular weight excluding hydrogens is 312 g/mol. The number of carbonyl (C=O) groups excluding carboxylic acids is 1. The molecule has 0 bridgehead atoms. The van der Waals surface area contributed by atoms with E-state index in [1.807, 2.05) is 38.3 Å². The van der Waals surface area contributed by atoms with Gasteiger partial charge in [-0.3, -0.25) is 4.79 Å². The summed E-state index contributed by atoms with van der Waals surface area (Å²) in [6.07, 6.45) is 1.52. The Balaban J connectivity index is 1.76. The average molecular weight is 334 g/mol. The molecular formula is C17H22N2O3S. The SMILES string of the molecule is CC(C)(C)OCCOc1ccc(C(=O)NCc2cccs2)cn1. The third kappa shape index (κ3) is 6.38. The number of hydrogen-bond donors (Lipinski definition) is 1. The second-order valence-corrected chi connectivity index (χ2v) is 6.99. The molecule has 124 valence electrons. The Kier molecular flexibility index (Phi) is 6.12. The molecule has 0 aliphatic carbocycles. The molecule has 0 aromatic carbocycles. The first kappa shape index (κ1) is 17.4. The molecule has 0 unspecified atom stereocenters. The third-order valence-corrected chi connectivity index (χ3v) is 3.75. The lowest BCUT2D eigenvalue weighted by atomic mass is 10.2. The van der Waals surface area contributed by atoms with E-state index >= 15 is 0 Å². The highest BCUT2D eigenvalue weighted by Gasteiger charge is 2.10. The molecule has 0 saturated carbocycles. The van der Waals surface area contributed by atoms with E-state index in [-0.39, 0.29) is 11.5 Å². The van der Waals surface area contributed by atoms with Crippen molar-refractivity contribution in [3.8, 4) is 5.88 Å². The van der Waals surface area contributed by atoms with Crippen LogP contribution in [0.15, 0.2) is 35.8 Å². The summed E-state index contributed by atoms with van der Waals surface area (Å²) < 4.78 is 11.1. The van der Waals surface area contributed by atoms with Crippen LogP contribution in [0, 0.1) is 0 Å². The maximum absolute atomic E-state index is 12.0. The molecule has 2 heterocycles. The summed E-state index contributed by atoms with van der Waals surface area (Å²) in [5.41, 5.74) is 0.334. The van der Waals surface area contributed by atoms with Crippen LogP contribution in [-0.4, -0.2) is 29.7 Å². The number of hydrogen-bond acceptors (Lipinski definition) is 5. The van der Waals surface area contributed by atoms with Gasteiger partial charge in [0.25, 0.3) is 5.91 Å². The van der Waals surface area contributed by atoms with E-state index in [0.717, 1.165) is 4.88 Å². The Morgan fingerprint density at radius 3 is 2.70 bits per heavy atom. The average Bonchev–Trinajstić information content (AvgIpc) is 3.02. The molecule has 2 aromatic rings. The number of amides is 1. The van der Waals surface area contributed by atoms with E-state index in [2.05, 4.69) is 10.3 Å². The summed E-state index contributed by atoms with van der Waals surface area (Å²) in [6, 6.07) is 7.34. The molecule has 0 aliphatic heterocycles. The fourth-order valence-corrected chi connectivity index (χ4v) is 2.42. The molecule has 2 rings (SSSR count). The van der Waals surface area contributed by atoms with Crippen molar-refractivity contribution >= 4 is 17.2 Å². The van der Waals surface area contributed by atoms with Crippen LogP contribution in [0.1, 0.15) is 36.0 Å². The van der Waals surface area contributed by atoms with E-state index in [4.69, 9.17) is 9.47 Å². The van der Waals surface area contributed by atoms with Gasteiger partial charge in [-0.15, -0.1) is 11.3 Å². The van der Waals surface area contributed by atoms with E-state index in [9.17, 15) is 4.79 Å². The summed E-state index contributed by atoms with van der Waals surface area (Å²) in [5.74, 6) is 0.339. The number of aromatic nitrogens is 1. The zero-order chi connectivity index (χ0) is 16.7. The van der Waals surface area contributed by atoms with Crippen molar-refractivity contribution in [2.24, 2.45) is 0 Å². The quantitative estimate of drug-likeness (QED) is 0.790. The van der Waals surface area contributed by atoms with Gasteiger partial charge in [0.05, 0.1) is 24.3 Å². The Labute approximate surface area is 140 Å². The lowest BCUT2D eigenvalue weighted by molar-refractivity contribution is -0.0168. The second kappa shape index (κ2) is 8.08. The molecule has 0 fully saturated rings. The normalized spacial score (nSPS) is 11.3. The Hall–Kier alpha value is -1.92. The Morgan fingerprint density at radius 2 is 2.09 bits per heavy atom. The molecule has 0 saturated heterocycles. The summed E-state index contributed by atoms with van der Waals surface area (Å²) in [4.78, 5) is 17.3. The standard InChI is InChI=1S/C17H22N2O3S/c1-17(2,3)22-9-8-21-15-7-6-13(11-18-15)16(20)19-12-14-5-4-10-23-14/h4-7,10-11H,8-9,12H2,1-3H3,(H,19,20). The molecule has 1 amide bonds. The summed E-state index contributed by atoms with van der Waals surface area (Å²) in [5, 5.41) is 4.85. The van der Waals surface area contributed by atoms with Gasteiger partial charge in [-0.05, 0) is 38.3 Å². The van der Waals surface area contributed by atoms with Gasteiger partial charge >= 0.3 is 0 Å². The maximum atomic E-state index is 12.0. The lowest BCUT2D eigenvalue weighted by Gasteiger charge is -2.19. The number of thiophene rings is 1. The van der Waals surface area contributed by atoms with Crippen molar-refractivity contribution in [2.75, 3.05) is 13.2 Å². The molecule has 0 atom stereocenters. The van der Waals surface area contributed by atoms with Crippen molar-refractivity contribution in [1.82, 2.24) is 10.3 Å². The van der Waals surface area contributed by atoms with Gasteiger partial charge in [-0.25, -0.2) is 4.98 Å². The van der Waals surface area contributed by atoms with Crippen molar-refractivity contribution in [3.05, 3.63) is 46.3 Å². The van der Waals surface area contributed by atoms with Crippen LogP contribution in [0.2, 0.25) is 0 Å². The molecule has 0 aliphatic rings. The predicted octanol–water partition coefficient (Wildman–Crippen LogP) is 3.27. The van der Waals surface area contributed by atoms with Crippen LogP contribution in [0.3, 0.4) is 0 Å². The third-order valence-electron chi connectivity index (χ3n) is 2.87. The first-order valence-electron chi connectivity index (χ1n) is 7.47. The van der Waals surface area contributed by atoms with Crippen molar-refractivity contribution < 1.29 is 14.3 Å². The van der Waals surface area contributed by atoms with Gasteiger partial charge in [0.2, 0.25) is 5.88 Å². The second-order valence-electron chi connectivity index (χ2n) is 5.96. The van der Waals surface area contributed by atoms with Crippen LogP contribution < -0.4 is 10.1 Å². The highest BCUT2D eigenvalue weighted by Crippen LogP contribution is 2.11. The number of ether oxygens (including phenoxy) is 2. The fourth-order valence-electron chi connectivity index (χ4n) is 1.78. The molecule has 2 aromatic heterocycles. The van der Waals surface area contributed by atoms with Gasteiger partial charge in [-0.2, -0.15) is 0 Å². The highest BCUT2D eigenvalue weighted by atomic mass is 32.1. The zero-order valence-corrected chi connectivity index (χ0v) is 14.5. The van der Waals surface area contributed by atoms with Crippen molar-refractivity contribution in [2.45, 2.75) is 32.9 Å². The van der Waals surface area contributed by atoms with Crippen LogP contribution in [0.25, 0.3) is 0 Å². The van der Waals surface area contributed by atoms with Crippen molar-refractivity contribution in [3.63, 3.8) is 0 Å². The Bertz CT molecular complexity index is 604. The summed E-state index contributed by atoms with van der Waals surface area (Å²) in [6.45, 7) is 7.43. The predicted molar refractivity (Wildman–Crippen MR) is 90.9 cm³/mol. The number of nitrogens with zero attached hydrogens (tertiary/aromatic N) is 1. The number of nitrogens with one attached hydrogen (secondary N) is 1. The Morgan fingerprint density at radius 1 is 1.26 bits per heavy atom. The van der Waals surface area contributed by atoms with E-state index in [1.165, 1.54) is 6.20 Å². The van der Waals surface area contributed by atoms with Gasteiger partial charge in [0.15, 0.2) is 0 Å².